The zero-order chi connectivity index (χ0) is 18.3. The highest BCUT2D eigenvalue weighted by molar-refractivity contribution is 7.86. The van der Waals surface area contributed by atoms with Crippen LogP contribution >= 0.6 is 0 Å². The average molecular weight is 368 g/mol. The Morgan fingerprint density at radius 3 is 2.40 bits per heavy atom. The molecule has 0 radical (unpaired) electrons. The summed E-state index contributed by atoms with van der Waals surface area (Å²) >= 11 is 0. The van der Waals surface area contributed by atoms with Crippen LogP contribution in [0.15, 0.2) is 47.4 Å². The lowest BCUT2D eigenvalue weighted by atomic mass is 10.1. The Kier molecular flexibility index (Phi) is 6.92. The third kappa shape index (κ3) is 5.52. The first-order valence-electron chi connectivity index (χ1n) is 7.79. The number of methoxy groups -OCH3 is 1. The molecule has 2 aromatic carbocycles. The highest BCUT2D eigenvalue weighted by Gasteiger charge is 2.16. The van der Waals surface area contributed by atoms with E-state index < -0.39 is 15.9 Å². The molecule has 7 heteroatoms. The molecule has 2 aromatic rings. The van der Waals surface area contributed by atoms with E-state index in [9.17, 15) is 12.8 Å². The van der Waals surface area contributed by atoms with E-state index in [1.807, 2.05) is 6.92 Å². The van der Waals surface area contributed by atoms with Crippen LogP contribution < -0.4 is 4.74 Å². The Bertz CT molecular complexity index is 788. The van der Waals surface area contributed by atoms with E-state index in [-0.39, 0.29) is 30.3 Å². The molecule has 0 saturated carbocycles. The summed E-state index contributed by atoms with van der Waals surface area (Å²) in [7, 11) is -2.32. The summed E-state index contributed by atoms with van der Waals surface area (Å²) in [6.07, 6.45) is 0.200. The largest absolute Gasteiger partial charge is 0.488 e. The highest BCUT2D eigenvalue weighted by Crippen LogP contribution is 2.24. The van der Waals surface area contributed by atoms with Crippen LogP contribution in [0, 0.1) is 12.7 Å². The molecule has 2 rings (SSSR count). The molecule has 0 bridgehead atoms. The standard InChI is InChI=1S/C18H21FO5S/c1-14-6-8-16(9-7-14)25(20,21)24-11-10-15-4-3-5-17(19)18(15)23-13-12-22-2/h3-9H,10-13H2,1-2H3. The van der Waals surface area contributed by atoms with Crippen molar-refractivity contribution in [2.24, 2.45) is 0 Å². The minimum Gasteiger partial charge on any atom is -0.488 e. The molecule has 0 amide bonds. The van der Waals surface area contributed by atoms with Gasteiger partial charge in [0.2, 0.25) is 0 Å². The van der Waals surface area contributed by atoms with Gasteiger partial charge in [-0.15, -0.1) is 0 Å². The van der Waals surface area contributed by atoms with Crippen LogP contribution in [0.3, 0.4) is 0 Å². The van der Waals surface area contributed by atoms with Crippen molar-refractivity contribution >= 4 is 10.1 Å². The second kappa shape index (κ2) is 8.94. The number of hydrogen-bond acceptors (Lipinski definition) is 5. The lowest BCUT2D eigenvalue weighted by molar-refractivity contribution is 0.143. The summed E-state index contributed by atoms with van der Waals surface area (Å²) in [5.74, 6) is -0.411. The summed E-state index contributed by atoms with van der Waals surface area (Å²) in [5, 5.41) is 0. The van der Waals surface area contributed by atoms with Crippen LogP contribution in [0.4, 0.5) is 4.39 Å². The molecular weight excluding hydrogens is 347 g/mol. The summed E-state index contributed by atoms with van der Waals surface area (Å²) in [6, 6.07) is 10.9. The van der Waals surface area contributed by atoms with Gasteiger partial charge in [0.05, 0.1) is 18.1 Å². The number of rotatable bonds is 9. The van der Waals surface area contributed by atoms with Gasteiger partial charge in [0.1, 0.15) is 6.61 Å². The van der Waals surface area contributed by atoms with E-state index in [1.54, 1.807) is 24.3 Å². The molecule has 0 fully saturated rings. The van der Waals surface area contributed by atoms with Gasteiger partial charge in [-0.2, -0.15) is 8.42 Å². The molecule has 0 unspecified atom stereocenters. The van der Waals surface area contributed by atoms with Crippen molar-refractivity contribution in [1.29, 1.82) is 0 Å². The monoisotopic (exact) mass is 368 g/mol. The average Bonchev–Trinajstić information content (AvgIpc) is 2.57. The van der Waals surface area contributed by atoms with Crippen molar-refractivity contribution in [1.82, 2.24) is 0 Å². The van der Waals surface area contributed by atoms with Gasteiger partial charge in [-0.05, 0) is 30.7 Å². The van der Waals surface area contributed by atoms with Gasteiger partial charge >= 0.3 is 0 Å². The topological polar surface area (TPSA) is 61.8 Å². The van der Waals surface area contributed by atoms with Crippen LogP contribution in [-0.2, 0) is 25.5 Å². The number of ether oxygens (including phenoxy) is 2. The summed E-state index contributed by atoms with van der Waals surface area (Å²) < 4.78 is 53.5. The van der Waals surface area contributed by atoms with Crippen LogP contribution in [0.1, 0.15) is 11.1 Å². The Hall–Kier alpha value is -1.96. The fraction of sp³-hybridized carbons (Fsp3) is 0.333. The molecule has 0 aliphatic heterocycles. The molecule has 0 spiro atoms. The number of hydrogen-bond donors (Lipinski definition) is 0. The molecule has 5 nitrogen and oxygen atoms in total. The van der Waals surface area contributed by atoms with Crippen molar-refractivity contribution in [3.63, 3.8) is 0 Å². The highest BCUT2D eigenvalue weighted by atomic mass is 32.2. The van der Waals surface area contributed by atoms with Crippen molar-refractivity contribution in [2.75, 3.05) is 26.9 Å². The normalized spacial score (nSPS) is 11.5. The molecule has 136 valence electrons. The maximum absolute atomic E-state index is 13.9. The maximum Gasteiger partial charge on any atom is 0.296 e. The van der Waals surface area contributed by atoms with Crippen molar-refractivity contribution in [3.8, 4) is 5.75 Å². The molecule has 0 N–H and O–H groups in total. The number of benzene rings is 2. The fourth-order valence-electron chi connectivity index (χ4n) is 2.17. The van der Waals surface area contributed by atoms with E-state index >= 15 is 0 Å². The lowest BCUT2D eigenvalue weighted by Crippen LogP contribution is -2.11. The SMILES string of the molecule is COCCOc1c(F)cccc1CCOS(=O)(=O)c1ccc(C)cc1. The number of aryl methyl sites for hydroxylation is 1. The molecule has 0 aliphatic rings. The third-order valence-corrected chi connectivity index (χ3v) is 4.83. The molecular formula is C18H21FO5S. The van der Waals surface area contributed by atoms with E-state index in [4.69, 9.17) is 13.7 Å². The van der Waals surface area contributed by atoms with Crippen molar-refractivity contribution in [3.05, 3.63) is 59.4 Å². The minimum atomic E-state index is -3.85. The quantitative estimate of drug-likeness (QED) is 0.503. The molecule has 0 saturated heterocycles. The number of halogens is 1. The van der Waals surface area contributed by atoms with Gasteiger partial charge in [0, 0.05) is 13.5 Å². The Morgan fingerprint density at radius 2 is 1.72 bits per heavy atom. The van der Waals surface area contributed by atoms with Gasteiger partial charge < -0.3 is 9.47 Å². The molecule has 0 aliphatic carbocycles. The minimum absolute atomic E-state index is 0.0916. The third-order valence-electron chi connectivity index (χ3n) is 3.50. The van der Waals surface area contributed by atoms with Gasteiger partial charge in [0.15, 0.2) is 11.6 Å². The zero-order valence-electron chi connectivity index (χ0n) is 14.2. The Morgan fingerprint density at radius 1 is 1.00 bits per heavy atom. The molecule has 0 aromatic heterocycles. The van der Waals surface area contributed by atoms with Crippen LogP contribution in [0.2, 0.25) is 0 Å². The molecule has 0 heterocycles. The van der Waals surface area contributed by atoms with Gasteiger partial charge in [-0.25, -0.2) is 4.39 Å². The Labute approximate surface area is 147 Å². The van der Waals surface area contributed by atoms with Crippen LogP contribution in [0.25, 0.3) is 0 Å². The van der Waals surface area contributed by atoms with E-state index in [2.05, 4.69) is 0 Å². The van der Waals surface area contributed by atoms with Gasteiger partial charge in [-0.1, -0.05) is 29.8 Å². The number of para-hydroxylation sites is 1. The van der Waals surface area contributed by atoms with E-state index in [1.165, 1.54) is 25.3 Å². The van der Waals surface area contributed by atoms with Gasteiger partial charge in [0.25, 0.3) is 10.1 Å². The zero-order valence-corrected chi connectivity index (χ0v) is 15.0. The van der Waals surface area contributed by atoms with Crippen LogP contribution in [-0.4, -0.2) is 35.3 Å². The molecule has 25 heavy (non-hydrogen) atoms. The van der Waals surface area contributed by atoms with E-state index in [0.29, 0.717) is 12.2 Å². The molecule has 0 atom stereocenters. The van der Waals surface area contributed by atoms with Gasteiger partial charge in [-0.3, -0.25) is 4.18 Å². The lowest BCUT2D eigenvalue weighted by Gasteiger charge is -2.12. The smallest absolute Gasteiger partial charge is 0.296 e. The Balaban J connectivity index is 2.01. The first kappa shape index (κ1) is 19.4. The second-order valence-corrected chi connectivity index (χ2v) is 7.02. The first-order chi connectivity index (χ1) is 11.9. The predicted octanol–water partition coefficient (Wildman–Crippen LogP) is 3.11. The first-order valence-corrected chi connectivity index (χ1v) is 9.20. The predicted molar refractivity (Wildman–Crippen MR) is 91.8 cm³/mol. The van der Waals surface area contributed by atoms with E-state index in [0.717, 1.165) is 5.56 Å². The maximum atomic E-state index is 13.9. The fourth-order valence-corrected chi connectivity index (χ4v) is 3.08. The second-order valence-electron chi connectivity index (χ2n) is 5.41. The van der Waals surface area contributed by atoms with Crippen molar-refractivity contribution < 1.29 is 26.5 Å². The summed E-state index contributed by atoms with van der Waals surface area (Å²) in [5.41, 5.74) is 1.49. The summed E-state index contributed by atoms with van der Waals surface area (Å²) in [6.45, 7) is 2.28. The van der Waals surface area contributed by atoms with Crippen LogP contribution in [0.5, 0.6) is 5.75 Å². The van der Waals surface area contributed by atoms with Crippen molar-refractivity contribution in [2.45, 2.75) is 18.2 Å². The summed E-state index contributed by atoms with van der Waals surface area (Å²) in [4.78, 5) is 0.0916.